The van der Waals surface area contributed by atoms with Crippen LogP contribution in [0.25, 0.3) is 11.6 Å². The second-order valence-corrected chi connectivity index (χ2v) is 5.66. The van der Waals surface area contributed by atoms with Gasteiger partial charge in [0, 0.05) is 31.1 Å². The average Bonchev–Trinajstić information content (AvgIpc) is 3.31. The summed E-state index contributed by atoms with van der Waals surface area (Å²) in [5.74, 6) is 1.01. The lowest BCUT2D eigenvalue weighted by atomic mass is 10.1. The molecular formula is C17H19N5O3. The molecule has 1 N–H and O–H groups in total. The Morgan fingerprint density at radius 1 is 1.28 bits per heavy atom. The number of aromatic nitrogens is 4. The first-order valence-electron chi connectivity index (χ1n) is 8.16. The highest BCUT2D eigenvalue weighted by molar-refractivity contribution is 5.91. The molecule has 3 aromatic rings. The van der Waals surface area contributed by atoms with Gasteiger partial charge in [0.1, 0.15) is 5.69 Å². The summed E-state index contributed by atoms with van der Waals surface area (Å²) in [7, 11) is 0. The van der Waals surface area contributed by atoms with Crippen LogP contribution in [0.4, 0.5) is 0 Å². The van der Waals surface area contributed by atoms with Crippen molar-refractivity contribution < 1.29 is 13.8 Å². The lowest BCUT2D eigenvalue weighted by Crippen LogP contribution is -2.25. The van der Waals surface area contributed by atoms with Gasteiger partial charge in [-0.2, -0.15) is 4.98 Å². The SMILES string of the molecule is CC[C@@H](C)c1cc(C(=O)NCCc2noc(-c3ccccn3)n2)on1. The number of carbonyl (C=O) groups is 1. The molecule has 0 saturated carbocycles. The van der Waals surface area contributed by atoms with Crippen LogP contribution in [0, 0.1) is 0 Å². The van der Waals surface area contributed by atoms with Crippen LogP contribution >= 0.6 is 0 Å². The van der Waals surface area contributed by atoms with E-state index in [4.69, 9.17) is 9.05 Å². The molecule has 0 aliphatic carbocycles. The first-order chi connectivity index (χ1) is 12.2. The Labute approximate surface area is 144 Å². The number of hydrogen-bond donors (Lipinski definition) is 1. The second-order valence-electron chi connectivity index (χ2n) is 5.66. The fourth-order valence-corrected chi connectivity index (χ4v) is 2.16. The van der Waals surface area contributed by atoms with Crippen LogP contribution in [0.2, 0.25) is 0 Å². The maximum atomic E-state index is 12.1. The molecule has 0 spiro atoms. The number of rotatable bonds is 7. The van der Waals surface area contributed by atoms with Crippen molar-refractivity contribution in [2.24, 2.45) is 0 Å². The van der Waals surface area contributed by atoms with Gasteiger partial charge in [0.15, 0.2) is 5.82 Å². The third-order valence-corrected chi connectivity index (χ3v) is 3.86. The van der Waals surface area contributed by atoms with Gasteiger partial charge in [-0.1, -0.05) is 30.2 Å². The minimum Gasteiger partial charge on any atom is -0.351 e. The van der Waals surface area contributed by atoms with E-state index < -0.39 is 0 Å². The van der Waals surface area contributed by atoms with Gasteiger partial charge in [-0.15, -0.1) is 0 Å². The second kappa shape index (κ2) is 7.69. The molecule has 3 heterocycles. The van der Waals surface area contributed by atoms with Crippen molar-refractivity contribution >= 4 is 5.91 Å². The van der Waals surface area contributed by atoms with Crippen LogP contribution < -0.4 is 5.32 Å². The monoisotopic (exact) mass is 341 g/mol. The highest BCUT2D eigenvalue weighted by atomic mass is 16.5. The van der Waals surface area contributed by atoms with E-state index in [-0.39, 0.29) is 17.6 Å². The molecule has 0 aliphatic heterocycles. The summed E-state index contributed by atoms with van der Waals surface area (Å²) in [6.45, 7) is 4.46. The maximum absolute atomic E-state index is 12.1. The van der Waals surface area contributed by atoms with E-state index in [1.807, 2.05) is 19.1 Å². The molecule has 3 rings (SSSR count). The normalized spacial score (nSPS) is 12.1. The van der Waals surface area contributed by atoms with E-state index in [0.717, 1.165) is 12.1 Å². The van der Waals surface area contributed by atoms with Gasteiger partial charge in [-0.05, 0) is 18.6 Å². The van der Waals surface area contributed by atoms with Crippen LogP contribution in [-0.2, 0) is 6.42 Å². The zero-order chi connectivity index (χ0) is 17.6. The van der Waals surface area contributed by atoms with Crippen LogP contribution in [-0.4, -0.2) is 32.7 Å². The molecule has 1 amide bonds. The van der Waals surface area contributed by atoms with Crippen LogP contribution in [0.3, 0.4) is 0 Å². The van der Waals surface area contributed by atoms with Gasteiger partial charge in [-0.25, -0.2) is 0 Å². The Bertz CT molecular complexity index is 828. The summed E-state index contributed by atoms with van der Waals surface area (Å²) in [6, 6.07) is 7.12. The van der Waals surface area contributed by atoms with E-state index in [2.05, 4.69) is 32.5 Å². The molecule has 8 heteroatoms. The lowest BCUT2D eigenvalue weighted by Gasteiger charge is -2.00. The third kappa shape index (κ3) is 4.09. The van der Waals surface area contributed by atoms with Crippen molar-refractivity contribution in [2.45, 2.75) is 32.6 Å². The van der Waals surface area contributed by atoms with Gasteiger partial charge in [-0.3, -0.25) is 9.78 Å². The minimum absolute atomic E-state index is 0.206. The zero-order valence-corrected chi connectivity index (χ0v) is 14.1. The zero-order valence-electron chi connectivity index (χ0n) is 14.1. The first-order valence-corrected chi connectivity index (χ1v) is 8.16. The van der Waals surface area contributed by atoms with E-state index in [1.165, 1.54) is 0 Å². The van der Waals surface area contributed by atoms with E-state index in [0.29, 0.717) is 30.4 Å². The Morgan fingerprint density at radius 3 is 2.92 bits per heavy atom. The summed E-state index contributed by atoms with van der Waals surface area (Å²) in [4.78, 5) is 20.5. The van der Waals surface area contributed by atoms with Crippen LogP contribution in [0.1, 0.15) is 48.3 Å². The van der Waals surface area contributed by atoms with Crippen molar-refractivity contribution in [3.05, 3.63) is 47.7 Å². The molecule has 0 aliphatic rings. The molecule has 8 nitrogen and oxygen atoms in total. The number of hydrogen-bond acceptors (Lipinski definition) is 7. The van der Waals surface area contributed by atoms with Gasteiger partial charge in [0.25, 0.3) is 11.8 Å². The Hall–Kier alpha value is -3.03. The van der Waals surface area contributed by atoms with Gasteiger partial charge < -0.3 is 14.4 Å². The number of nitrogens with one attached hydrogen (secondary N) is 1. The summed E-state index contributed by atoms with van der Waals surface area (Å²) < 4.78 is 10.3. The quantitative estimate of drug-likeness (QED) is 0.704. The summed E-state index contributed by atoms with van der Waals surface area (Å²) in [5.41, 5.74) is 1.40. The molecule has 0 saturated heterocycles. The molecule has 0 unspecified atom stereocenters. The Kier molecular flexibility index (Phi) is 5.17. The van der Waals surface area contributed by atoms with Crippen molar-refractivity contribution in [3.8, 4) is 11.6 Å². The average molecular weight is 341 g/mol. The van der Waals surface area contributed by atoms with Crippen molar-refractivity contribution in [1.82, 2.24) is 25.6 Å². The van der Waals surface area contributed by atoms with Crippen molar-refractivity contribution in [3.63, 3.8) is 0 Å². The molecular weight excluding hydrogens is 322 g/mol. The Balaban J connectivity index is 1.52. The highest BCUT2D eigenvalue weighted by Crippen LogP contribution is 2.18. The fourth-order valence-electron chi connectivity index (χ4n) is 2.16. The van der Waals surface area contributed by atoms with E-state index >= 15 is 0 Å². The predicted molar refractivity (Wildman–Crippen MR) is 88.8 cm³/mol. The molecule has 0 bridgehead atoms. The lowest BCUT2D eigenvalue weighted by molar-refractivity contribution is 0.0917. The maximum Gasteiger partial charge on any atom is 0.289 e. The van der Waals surface area contributed by atoms with Crippen molar-refractivity contribution in [2.75, 3.05) is 6.54 Å². The van der Waals surface area contributed by atoms with Crippen LogP contribution in [0.5, 0.6) is 0 Å². The summed E-state index contributed by atoms with van der Waals surface area (Å²) in [6.07, 6.45) is 3.03. The topological polar surface area (TPSA) is 107 Å². The van der Waals surface area contributed by atoms with Crippen LogP contribution in [0.15, 0.2) is 39.5 Å². The first kappa shape index (κ1) is 16.8. The van der Waals surface area contributed by atoms with E-state index in [9.17, 15) is 4.79 Å². The van der Waals surface area contributed by atoms with Gasteiger partial charge in [0.05, 0.1) is 5.69 Å². The number of pyridine rings is 1. The largest absolute Gasteiger partial charge is 0.351 e. The van der Waals surface area contributed by atoms with E-state index in [1.54, 1.807) is 18.3 Å². The molecule has 3 aromatic heterocycles. The smallest absolute Gasteiger partial charge is 0.289 e. The number of carbonyl (C=O) groups excluding carboxylic acids is 1. The predicted octanol–water partition coefficient (Wildman–Crippen LogP) is 2.61. The minimum atomic E-state index is -0.310. The molecule has 25 heavy (non-hydrogen) atoms. The molecule has 0 fully saturated rings. The molecule has 1 atom stereocenters. The molecule has 0 radical (unpaired) electrons. The highest BCUT2D eigenvalue weighted by Gasteiger charge is 2.16. The third-order valence-electron chi connectivity index (χ3n) is 3.86. The summed E-state index contributed by atoms with van der Waals surface area (Å²) in [5, 5.41) is 10.6. The van der Waals surface area contributed by atoms with Crippen molar-refractivity contribution in [1.29, 1.82) is 0 Å². The Morgan fingerprint density at radius 2 is 2.16 bits per heavy atom. The number of amides is 1. The van der Waals surface area contributed by atoms with Gasteiger partial charge >= 0.3 is 0 Å². The standard InChI is InChI=1S/C17H19N5O3/c1-3-11(2)13-10-14(24-21-13)16(23)19-9-7-15-20-17(25-22-15)12-6-4-5-8-18-12/h4-6,8,10-11H,3,7,9H2,1-2H3,(H,19,23)/t11-/m1/s1. The number of nitrogens with zero attached hydrogens (tertiary/aromatic N) is 4. The molecule has 0 aromatic carbocycles. The summed E-state index contributed by atoms with van der Waals surface area (Å²) >= 11 is 0. The fraction of sp³-hybridized carbons (Fsp3) is 0.353. The molecule has 130 valence electrons. The van der Waals surface area contributed by atoms with Gasteiger partial charge in [0.2, 0.25) is 5.76 Å².